The average molecular weight is 325 g/mol. The third-order valence-electron chi connectivity index (χ3n) is 3.75. The van der Waals surface area contributed by atoms with Gasteiger partial charge in [0.25, 0.3) is 5.91 Å². The second-order valence-corrected chi connectivity index (χ2v) is 5.40. The number of aryl methyl sites for hydroxylation is 2. The van der Waals surface area contributed by atoms with Gasteiger partial charge in [-0.3, -0.25) is 4.79 Å². The maximum atomic E-state index is 13.7. The van der Waals surface area contributed by atoms with Crippen LogP contribution >= 0.6 is 0 Å². The molecule has 0 unspecified atom stereocenters. The van der Waals surface area contributed by atoms with E-state index in [1.807, 2.05) is 13.8 Å². The number of aromatic nitrogens is 2. The predicted octanol–water partition coefficient (Wildman–Crippen LogP) is 3.65. The van der Waals surface area contributed by atoms with E-state index in [9.17, 15) is 9.18 Å². The van der Waals surface area contributed by atoms with E-state index in [2.05, 4.69) is 15.3 Å². The molecule has 0 saturated carbocycles. The molecule has 24 heavy (non-hydrogen) atoms. The van der Waals surface area contributed by atoms with Gasteiger partial charge in [-0.25, -0.2) is 14.4 Å². The fourth-order valence-corrected chi connectivity index (χ4v) is 2.32. The fourth-order valence-electron chi connectivity index (χ4n) is 2.32. The quantitative estimate of drug-likeness (QED) is 0.798. The van der Waals surface area contributed by atoms with Gasteiger partial charge in [-0.2, -0.15) is 0 Å². The summed E-state index contributed by atoms with van der Waals surface area (Å²) in [5.74, 6) is -0.757. The number of fused-ring (bicyclic) bond motifs is 1. The van der Waals surface area contributed by atoms with Gasteiger partial charge in [0.1, 0.15) is 0 Å². The topological polar surface area (TPSA) is 64.1 Å². The molecule has 0 fully saturated rings. The highest BCUT2D eigenvalue weighted by atomic mass is 19.1. The molecule has 0 aliphatic rings. The summed E-state index contributed by atoms with van der Waals surface area (Å²) in [5.41, 5.74) is 3.82. The van der Waals surface area contributed by atoms with Crippen molar-refractivity contribution in [3.05, 3.63) is 59.2 Å². The van der Waals surface area contributed by atoms with E-state index in [0.29, 0.717) is 16.8 Å². The first-order valence-electron chi connectivity index (χ1n) is 7.38. The van der Waals surface area contributed by atoms with E-state index in [1.165, 1.54) is 19.2 Å². The third kappa shape index (κ3) is 3.03. The second kappa shape index (κ2) is 6.23. The van der Waals surface area contributed by atoms with Crippen LogP contribution in [0.5, 0.6) is 5.75 Å². The molecule has 0 atom stereocenters. The number of benzene rings is 2. The van der Waals surface area contributed by atoms with E-state index in [0.717, 1.165) is 16.9 Å². The van der Waals surface area contributed by atoms with Crippen molar-refractivity contribution in [2.24, 2.45) is 0 Å². The number of anilines is 1. The molecule has 3 aromatic rings. The molecular formula is C18H16FN3O2. The molecular weight excluding hydrogens is 309 g/mol. The van der Waals surface area contributed by atoms with Crippen LogP contribution in [0.1, 0.15) is 21.7 Å². The van der Waals surface area contributed by atoms with E-state index in [-0.39, 0.29) is 11.7 Å². The maximum absolute atomic E-state index is 13.7. The maximum Gasteiger partial charge on any atom is 0.255 e. The first-order chi connectivity index (χ1) is 11.5. The monoisotopic (exact) mass is 325 g/mol. The van der Waals surface area contributed by atoms with Crippen LogP contribution in [-0.4, -0.2) is 23.0 Å². The molecule has 5 nitrogen and oxygen atoms in total. The lowest BCUT2D eigenvalue weighted by Crippen LogP contribution is -2.12. The number of ether oxygens (including phenoxy) is 1. The van der Waals surface area contributed by atoms with Gasteiger partial charge >= 0.3 is 0 Å². The summed E-state index contributed by atoms with van der Waals surface area (Å²) >= 11 is 0. The number of amides is 1. The molecule has 2 aromatic carbocycles. The summed E-state index contributed by atoms with van der Waals surface area (Å²) in [4.78, 5) is 21.2. The summed E-state index contributed by atoms with van der Waals surface area (Å²) in [6, 6.07) is 9.34. The Balaban J connectivity index is 1.88. The van der Waals surface area contributed by atoms with Crippen LogP contribution in [0.2, 0.25) is 0 Å². The van der Waals surface area contributed by atoms with Crippen molar-refractivity contribution in [1.29, 1.82) is 0 Å². The van der Waals surface area contributed by atoms with Crippen molar-refractivity contribution in [3.8, 4) is 5.75 Å². The lowest BCUT2D eigenvalue weighted by molar-refractivity contribution is 0.102. The minimum atomic E-state index is -0.536. The van der Waals surface area contributed by atoms with Gasteiger partial charge in [-0.05, 0) is 44.2 Å². The van der Waals surface area contributed by atoms with Gasteiger partial charge in [0, 0.05) is 17.3 Å². The van der Waals surface area contributed by atoms with Crippen LogP contribution in [-0.2, 0) is 0 Å². The SMILES string of the molecule is COc1ccc(NC(=O)c2ccc3nc(C)c(C)nc3c2)cc1F. The number of halogens is 1. The van der Waals surface area contributed by atoms with Crippen molar-refractivity contribution >= 4 is 22.6 Å². The Morgan fingerprint density at radius 1 is 1.04 bits per heavy atom. The zero-order chi connectivity index (χ0) is 17.3. The highest BCUT2D eigenvalue weighted by molar-refractivity contribution is 6.05. The lowest BCUT2D eigenvalue weighted by atomic mass is 10.1. The molecule has 1 heterocycles. The zero-order valence-corrected chi connectivity index (χ0v) is 13.6. The number of carbonyl (C=O) groups is 1. The van der Waals surface area contributed by atoms with Crippen LogP contribution in [0, 0.1) is 19.7 Å². The number of nitrogens with zero attached hydrogens (tertiary/aromatic N) is 2. The molecule has 0 aliphatic carbocycles. The van der Waals surface area contributed by atoms with Gasteiger partial charge in [-0.1, -0.05) is 0 Å². The molecule has 0 bridgehead atoms. The van der Waals surface area contributed by atoms with Crippen LogP contribution in [0.4, 0.5) is 10.1 Å². The van der Waals surface area contributed by atoms with E-state index >= 15 is 0 Å². The number of methoxy groups -OCH3 is 1. The first-order valence-corrected chi connectivity index (χ1v) is 7.38. The summed E-state index contributed by atoms with van der Waals surface area (Å²) in [6.45, 7) is 3.76. The number of hydrogen-bond acceptors (Lipinski definition) is 4. The summed E-state index contributed by atoms with van der Waals surface area (Å²) in [7, 11) is 1.39. The number of rotatable bonds is 3. The largest absolute Gasteiger partial charge is 0.494 e. The highest BCUT2D eigenvalue weighted by Gasteiger charge is 2.11. The normalized spacial score (nSPS) is 10.7. The molecule has 1 aromatic heterocycles. The molecule has 6 heteroatoms. The van der Waals surface area contributed by atoms with Gasteiger partial charge < -0.3 is 10.1 Å². The Kier molecular flexibility index (Phi) is 4.12. The van der Waals surface area contributed by atoms with E-state index < -0.39 is 5.82 Å². The van der Waals surface area contributed by atoms with Crippen LogP contribution in [0.15, 0.2) is 36.4 Å². The number of carbonyl (C=O) groups excluding carboxylic acids is 1. The Morgan fingerprint density at radius 2 is 1.75 bits per heavy atom. The number of nitrogens with one attached hydrogen (secondary N) is 1. The molecule has 122 valence electrons. The summed E-state index contributed by atoms with van der Waals surface area (Å²) in [6.07, 6.45) is 0. The minimum Gasteiger partial charge on any atom is -0.494 e. The third-order valence-corrected chi connectivity index (χ3v) is 3.75. The fraction of sp³-hybridized carbons (Fsp3) is 0.167. The van der Waals surface area contributed by atoms with E-state index in [4.69, 9.17) is 4.74 Å². The molecule has 0 radical (unpaired) electrons. The van der Waals surface area contributed by atoms with Crippen LogP contribution in [0.25, 0.3) is 11.0 Å². The summed E-state index contributed by atoms with van der Waals surface area (Å²) < 4.78 is 18.6. The van der Waals surface area contributed by atoms with Crippen molar-refractivity contribution in [2.75, 3.05) is 12.4 Å². The van der Waals surface area contributed by atoms with Crippen molar-refractivity contribution in [3.63, 3.8) is 0 Å². The Morgan fingerprint density at radius 3 is 2.42 bits per heavy atom. The molecule has 1 N–H and O–H groups in total. The molecule has 3 rings (SSSR count). The highest BCUT2D eigenvalue weighted by Crippen LogP contribution is 2.21. The van der Waals surface area contributed by atoms with Crippen LogP contribution < -0.4 is 10.1 Å². The van der Waals surface area contributed by atoms with Crippen molar-refractivity contribution in [2.45, 2.75) is 13.8 Å². The first kappa shape index (κ1) is 15.9. The smallest absolute Gasteiger partial charge is 0.255 e. The van der Waals surface area contributed by atoms with Gasteiger partial charge in [0.2, 0.25) is 0 Å². The van der Waals surface area contributed by atoms with E-state index in [1.54, 1.807) is 24.3 Å². The minimum absolute atomic E-state index is 0.125. The Bertz CT molecular complexity index is 941. The molecule has 0 saturated heterocycles. The molecule has 0 spiro atoms. The van der Waals surface area contributed by atoms with Crippen LogP contribution in [0.3, 0.4) is 0 Å². The number of hydrogen-bond donors (Lipinski definition) is 1. The summed E-state index contributed by atoms with van der Waals surface area (Å²) in [5, 5.41) is 2.66. The van der Waals surface area contributed by atoms with Crippen molar-refractivity contribution < 1.29 is 13.9 Å². The van der Waals surface area contributed by atoms with Gasteiger partial charge in [0.15, 0.2) is 11.6 Å². The van der Waals surface area contributed by atoms with Crippen molar-refractivity contribution in [1.82, 2.24) is 9.97 Å². The molecule has 1 amide bonds. The van der Waals surface area contributed by atoms with Gasteiger partial charge in [-0.15, -0.1) is 0 Å². The standard InChI is InChI=1S/C18H16FN3O2/c1-10-11(2)21-16-8-12(4-6-15(16)20-10)18(23)22-13-5-7-17(24-3)14(19)9-13/h4-9H,1-3H3,(H,22,23). The Hall–Kier alpha value is -3.02. The second-order valence-electron chi connectivity index (χ2n) is 5.40. The zero-order valence-electron chi connectivity index (χ0n) is 13.6. The predicted molar refractivity (Wildman–Crippen MR) is 89.9 cm³/mol. The van der Waals surface area contributed by atoms with Gasteiger partial charge in [0.05, 0.1) is 29.5 Å². The average Bonchev–Trinajstić information content (AvgIpc) is 2.55. The molecule has 0 aliphatic heterocycles. The Labute approximate surface area is 138 Å². The lowest BCUT2D eigenvalue weighted by Gasteiger charge is -2.08.